The van der Waals surface area contributed by atoms with E-state index in [1.54, 1.807) is 24.3 Å². The first-order chi connectivity index (χ1) is 13.0. The van der Waals surface area contributed by atoms with Crippen molar-refractivity contribution < 1.29 is 9.47 Å². The third-order valence-corrected chi connectivity index (χ3v) is 4.22. The highest BCUT2D eigenvalue weighted by atomic mass is 35.5. The molecule has 0 fully saturated rings. The SMILES string of the molecule is COc1cccc(-c2nc(N)nc(N)c2C#N)c1OCc1ccccc1Cl. The molecule has 0 spiro atoms. The molecule has 27 heavy (non-hydrogen) atoms. The lowest BCUT2D eigenvalue weighted by molar-refractivity contribution is 0.286. The van der Waals surface area contributed by atoms with Gasteiger partial charge in [-0.2, -0.15) is 10.2 Å². The molecule has 2 aromatic carbocycles. The fourth-order valence-corrected chi connectivity index (χ4v) is 2.77. The van der Waals surface area contributed by atoms with Crippen LogP contribution in [0, 0.1) is 11.3 Å². The molecule has 7 nitrogen and oxygen atoms in total. The van der Waals surface area contributed by atoms with Gasteiger partial charge in [0, 0.05) is 16.1 Å². The number of halogens is 1. The predicted molar refractivity (Wildman–Crippen MR) is 103 cm³/mol. The molecule has 0 amide bonds. The number of benzene rings is 2. The van der Waals surface area contributed by atoms with E-state index in [-0.39, 0.29) is 29.6 Å². The Kier molecular flexibility index (Phi) is 5.29. The molecule has 0 radical (unpaired) electrons. The molecular weight excluding hydrogens is 366 g/mol. The van der Waals surface area contributed by atoms with Crippen molar-refractivity contribution in [1.82, 2.24) is 9.97 Å². The van der Waals surface area contributed by atoms with Crippen LogP contribution in [-0.4, -0.2) is 17.1 Å². The average Bonchev–Trinajstić information content (AvgIpc) is 2.66. The molecule has 0 saturated carbocycles. The number of hydrogen-bond acceptors (Lipinski definition) is 7. The summed E-state index contributed by atoms with van der Waals surface area (Å²) in [5.41, 5.74) is 13.3. The fraction of sp³-hybridized carbons (Fsp3) is 0.105. The number of rotatable bonds is 5. The molecule has 0 aliphatic carbocycles. The van der Waals surface area contributed by atoms with Crippen LogP contribution in [0.25, 0.3) is 11.3 Å². The topological polar surface area (TPSA) is 120 Å². The number of aromatic nitrogens is 2. The summed E-state index contributed by atoms with van der Waals surface area (Å²) in [6.45, 7) is 0.199. The number of nitriles is 1. The second-order valence-corrected chi connectivity index (χ2v) is 5.93. The summed E-state index contributed by atoms with van der Waals surface area (Å²) in [6.07, 6.45) is 0. The maximum atomic E-state index is 9.47. The number of hydrogen-bond donors (Lipinski definition) is 2. The van der Waals surface area contributed by atoms with Crippen molar-refractivity contribution >= 4 is 23.4 Å². The summed E-state index contributed by atoms with van der Waals surface area (Å²) in [7, 11) is 1.52. The summed E-state index contributed by atoms with van der Waals surface area (Å²) in [5.74, 6) is 0.828. The standard InChI is InChI=1S/C19H16ClN5O2/c1-26-15-8-4-6-12(16-13(9-21)18(22)25-19(23)24-16)17(15)27-10-11-5-2-3-7-14(11)20/h2-8H,10H2,1H3,(H4,22,23,24,25). The van der Waals surface area contributed by atoms with Crippen molar-refractivity contribution in [3.05, 3.63) is 58.6 Å². The second-order valence-electron chi connectivity index (χ2n) is 5.52. The van der Waals surface area contributed by atoms with Crippen LogP contribution < -0.4 is 20.9 Å². The first-order valence-corrected chi connectivity index (χ1v) is 8.29. The monoisotopic (exact) mass is 381 g/mol. The molecule has 8 heteroatoms. The van der Waals surface area contributed by atoms with Gasteiger partial charge < -0.3 is 20.9 Å². The van der Waals surface area contributed by atoms with Crippen LogP contribution in [0.15, 0.2) is 42.5 Å². The molecule has 0 bridgehead atoms. The Labute approximate surface area is 161 Å². The number of nitrogens with two attached hydrogens (primary N) is 2. The van der Waals surface area contributed by atoms with Crippen molar-refractivity contribution in [3.8, 4) is 28.8 Å². The van der Waals surface area contributed by atoms with Crippen LogP contribution in [0.5, 0.6) is 11.5 Å². The summed E-state index contributed by atoms with van der Waals surface area (Å²) >= 11 is 6.20. The van der Waals surface area contributed by atoms with Crippen LogP contribution in [0.4, 0.5) is 11.8 Å². The van der Waals surface area contributed by atoms with E-state index in [4.69, 9.17) is 32.5 Å². The molecule has 0 atom stereocenters. The number of anilines is 2. The molecule has 1 heterocycles. The van der Waals surface area contributed by atoms with Crippen molar-refractivity contribution in [2.75, 3.05) is 18.6 Å². The van der Waals surface area contributed by atoms with E-state index in [9.17, 15) is 5.26 Å². The Morgan fingerprint density at radius 1 is 1.11 bits per heavy atom. The van der Waals surface area contributed by atoms with E-state index in [1.807, 2.05) is 24.3 Å². The maximum absolute atomic E-state index is 9.47. The lowest BCUT2D eigenvalue weighted by atomic mass is 10.1. The minimum Gasteiger partial charge on any atom is -0.493 e. The molecule has 3 rings (SSSR count). The minimum absolute atomic E-state index is 0.000117. The van der Waals surface area contributed by atoms with Gasteiger partial charge in [-0.1, -0.05) is 35.9 Å². The van der Waals surface area contributed by atoms with Crippen LogP contribution in [0.1, 0.15) is 11.1 Å². The van der Waals surface area contributed by atoms with Gasteiger partial charge in [-0.25, -0.2) is 4.98 Å². The lowest BCUT2D eigenvalue weighted by Gasteiger charge is -2.16. The fourth-order valence-electron chi connectivity index (χ4n) is 2.58. The number of nitrogen functional groups attached to an aromatic ring is 2. The van der Waals surface area contributed by atoms with Crippen molar-refractivity contribution in [2.24, 2.45) is 0 Å². The zero-order valence-electron chi connectivity index (χ0n) is 14.4. The predicted octanol–water partition coefficient (Wildman–Crippen LogP) is 3.42. The lowest BCUT2D eigenvalue weighted by Crippen LogP contribution is -2.06. The van der Waals surface area contributed by atoms with E-state index in [1.165, 1.54) is 7.11 Å². The van der Waals surface area contributed by atoms with E-state index in [0.29, 0.717) is 22.1 Å². The van der Waals surface area contributed by atoms with Crippen LogP contribution in [-0.2, 0) is 6.61 Å². The molecule has 1 aromatic heterocycles. The number of methoxy groups -OCH3 is 1. The number of ether oxygens (including phenoxy) is 2. The normalized spacial score (nSPS) is 10.3. The largest absolute Gasteiger partial charge is 0.493 e. The van der Waals surface area contributed by atoms with Gasteiger partial charge in [0.25, 0.3) is 0 Å². The smallest absolute Gasteiger partial charge is 0.222 e. The Bertz CT molecular complexity index is 1030. The Hall–Kier alpha value is -3.50. The van der Waals surface area contributed by atoms with Crippen molar-refractivity contribution in [2.45, 2.75) is 6.61 Å². The Balaban J connectivity index is 2.11. The van der Waals surface area contributed by atoms with Gasteiger partial charge in [-0.3, -0.25) is 0 Å². The molecule has 3 aromatic rings. The third-order valence-electron chi connectivity index (χ3n) is 3.85. The third kappa shape index (κ3) is 3.71. The Morgan fingerprint density at radius 3 is 2.59 bits per heavy atom. The molecule has 136 valence electrons. The van der Waals surface area contributed by atoms with Gasteiger partial charge in [0.1, 0.15) is 24.1 Å². The van der Waals surface area contributed by atoms with Gasteiger partial charge in [0.05, 0.1) is 12.8 Å². The highest BCUT2D eigenvalue weighted by Gasteiger charge is 2.20. The maximum Gasteiger partial charge on any atom is 0.222 e. The van der Waals surface area contributed by atoms with E-state index < -0.39 is 0 Å². The minimum atomic E-state index is -0.0404. The molecular formula is C19H16ClN5O2. The number of nitrogens with zero attached hydrogens (tertiary/aromatic N) is 3. The quantitative estimate of drug-likeness (QED) is 0.694. The van der Waals surface area contributed by atoms with Gasteiger partial charge in [0.2, 0.25) is 5.95 Å². The van der Waals surface area contributed by atoms with Crippen LogP contribution in [0.3, 0.4) is 0 Å². The molecule has 4 N–H and O–H groups in total. The number of para-hydroxylation sites is 1. The highest BCUT2D eigenvalue weighted by molar-refractivity contribution is 6.31. The molecule has 0 saturated heterocycles. The molecule has 0 aliphatic heterocycles. The summed E-state index contributed by atoms with van der Waals surface area (Å²) in [4.78, 5) is 8.03. The second kappa shape index (κ2) is 7.81. The summed E-state index contributed by atoms with van der Waals surface area (Å²) in [6, 6.07) is 14.6. The van der Waals surface area contributed by atoms with Gasteiger partial charge >= 0.3 is 0 Å². The van der Waals surface area contributed by atoms with E-state index in [0.717, 1.165) is 5.56 Å². The first kappa shape index (κ1) is 18.3. The average molecular weight is 382 g/mol. The van der Waals surface area contributed by atoms with Crippen molar-refractivity contribution in [3.63, 3.8) is 0 Å². The molecule has 0 aliphatic rings. The summed E-state index contributed by atoms with van der Waals surface area (Å²) in [5, 5.41) is 10.1. The molecule has 0 unspecified atom stereocenters. The van der Waals surface area contributed by atoms with E-state index in [2.05, 4.69) is 9.97 Å². The van der Waals surface area contributed by atoms with Crippen LogP contribution in [0.2, 0.25) is 5.02 Å². The van der Waals surface area contributed by atoms with Gasteiger partial charge in [0.15, 0.2) is 11.5 Å². The zero-order chi connectivity index (χ0) is 19.4. The zero-order valence-corrected chi connectivity index (χ0v) is 15.2. The first-order valence-electron chi connectivity index (χ1n) is 7.91. The highest BCUT2D eigenvalue weighted by Crippen LogP contribution is 2.40. The van der Waals surface area contributed by atoms with Crippen molar-refractivity contribution in [1.29, 1.82) is 5.26 Å². The van der Waals surface area contributed by atoms with E-state index >= 15 is 0 Å². The summed E-state index contributed by atoms with van der Waals surface area (Å²) < 4.78 is 11.4. The van der Waals surface area contributed by atoms with Gasteiger partial charge in [-0.15, -0.1) is 0 Å². The Morgan fingerprint density at radius 2 is 1.89 bits per heavy atom. The van der Waals surface area contributed by atoms with Crippen LogP contribution >= 0.6 is 11.6 Å². The van der Waals surface area contributed by atoms with Gasteiger partial charge in [-0.05, 0) is 18.2 Å².